The number of aliphatic hydroxyl groups excluding tert-OH is 2. The van der Waals surface area contributed by atoms with E-state index >= 15 is 0 Å². The Morgan fingerprint density at radius 2 is 1.38 bits per heavy atom. The van der Waals surface area contributed by atoms with Crippen LogP contribution in [-0.4, -0.2) is 39.5 Å². The molecule has 0 bridgehead atoms. The Morgan fingerprint density at radius 1 is 0.857 bits per heavy atom. The predicted molar refractivity (Wildman–Crippen MR) is 171 cm³/mol. The summed E-state index contributed by atoms with van der Waals surface area (Å²) in [5, 5.41) is 18.6. The van der Waals surface area contributed by atoms with Gasteiger partial charge < -0.3 is 24.7 Å². The molecule has 2 heterocycles. The van der Waals surface area contributed by atoms with E-state index in [0.717, 1.165) is 27.9 Å². The number of aromatic nitrogens is 2. The first-order chi connectivity index (χ1) is 20.5. The molecule has 2 atom stereocenters. The van der Waals surface area contributed by atoms with Crippen molar-refractivity contribution in [2.75, 3.05) is 13.2 Å². The van der Waals surface area contributed by atoms with Gasteiger partial charge in [0.15, 0.2) is 0 Å². The molecule has 2 aromatic heterocycles. The van der Waals surface area contributed by atoms with Crippen LogP contribution < -0.4 is 5.56 Å². The zero-order chi connectivity index (χ0) is 30.4. The summed E-state index contributed by atoms with van der Waals surface area (Å²) in [5.41, 5.74) is 2.73. The quantitative estimate of drug-likeness (QED) is 0.172. The van der Waals surface area contributed by atoms with Gasteiger partial charge in [0.2, 0.25) is 0 Å². The number of aliphatic hydroxyl groups is 2. The fourth-order valence-corrected chi connectivity index (χ4v) is 4.62. The number of hydrogen-bond acceptors (Lipinski definition) is 7. The van der Waals surface area contributed by atoms with Crippen molar-refractivity contribution in [3.63, 3.8) is 0 Å². The molecule has 8 heteroatoms. The Morgan fingerprint density at radius 3 is 1.88 bits per heavy atom. The minimum atomic E-state index is -0.137. The number of nitrogens with one attached hydrogen (secondary N) is 1. The molecular weight excluding hydrogens is 548 g/mol. The second-order valence-corrected chi connectivity index (χ2v) is 9.93. The summed E-state index contributed by atoms with van der Waals surface area (Å²) in [7, 11) is 0. The van der Waals surface area contributed by atoms with E-state index in [4.69, 9.17) is 19.7 Å². The van der Waals surface area contributed by atoms with Crippen molar-refractivity contribution in [1.29, 1.82) is 0 Å². The molecule has 42 heavy (non-hydrogen) atoms. The topological polar surface area (TPSA) is 105 Å². The molecule has 5 rings (SSSR count). The maximum absolute atomic E-state index is 11.8. The van der Waals surface area contributed by atoms with E-state index < -0.39 is 0 Å². The van der Waals surface area contributed by atoms with E-state index in [9.17, 15) is 4.79 Å². The summed E-state index contributed by atoms with van der Waals surface area (Å²) >= 11 is 1.51. The molecule has 7 nitrogen and oxygen atoms in total. The Bertz CT molecular complexity index is 1370. The van der Waals surface area contributed by atoms with Crippen molar-refractivity contribution in [3.8, 4) is 0 Å². The molecule has 3 N–H and O–H groups in total. The van der Waals surface area contributed by atoms with Crippen LogP contribution in [0.15, 0.2) is 114 Å². The van der Waals surface area contributed by atoms with Gasteiger partial charge in [0.1, 0.15) is 0 Å². The largest absolute Gasteiger partial charge is 0.397 e. The summed E-state index contributed by atoms with van der Waals surface area (Å²) in [6.07, 6.45) is 2.16. The monoisotopic (exact) mass is 590 g/mol. The van der Waals surface area contributed by atoms with Crippen molar-refractivity contribution in [2.45, 2.75) is 52.6 Å². The highest BCUT2D eigenvalue weighted by atomic mass is 32.1. The van der Waals surface area contributed by atoms with E-state index in [1.165, 1.54) is 17.7 Å². The highest BCUT2D eigenvalue weighted by Gasteiger charge is 2.19. The van der Waals surface area contributed by atoms with Crippen LogP contribution in [0.4, 0.5) is 0 Å². The standard InChI is InChI=1S/C19H22N2O3S.C7H8O.C6H6.C2H6O/c1-3-15(10-23-9-14-7-5-4-6-8-14)24-13(2)18-17-16(11-25-18)19(22)21-12-20-17;8-6-7-4-2-1-3-5-7;1-2-4-6-5-3-1;1-2-3/h4-8,11-13,15H,3,9-10H2,1-2H3,(H,20,21,22);1-5,8H,6H2;1-6H;3H,2H2,1H3/t13-,15?;;;/m1.../s1. The lowest BCUT2D eigenvalue weighted by Crippen LogP contribution is -2.20. The highest BCUT2D eigenvalue weighted by Crippen LogP contribution is 2.30. The maximum Gasteiger partial charge on any atom is 0.259 e. The number of fused-ring (bicyclic) bond motifs is 1. The molecular formula is C34H42N2O5S. The van der Waals surface area contributed by atoms with Crippen molar-refractivity contribution in [1.82, 2.24) is 9.97 Å². The molecule has 1 unspecified atom stereocenters. The zero-order valence-corrected chi connectivity index (χ0v) is 25.4. The molecule has 3 aromatic carbocycles. The van der Waals surface area contributed by atoms with Gasteiger partial charge in [-0.2, -0.15) is 0 Å². The summed E-state index contributed by atoms with van der Waals surface area (Å²) in [6, 6.07) is 31.6. The van der Waals surface area contributed by atoms with Crippen LogP contribution in [0.1, 0.15) is 49.3 Å². The summed E-state index contributed by atoms with van der Waals surface area (Å²) < 4.78 is 12.0. The summed E-state index contributed by atoms with van der Waals surface area (Å²) in [4.78, 5) is 19.7. The maximum atomic E-state index is 11.8. The Labute approximate surface area is 252 Å². The smallest absolute Gasteiger partial charge is 0.259 e. The molecule has 0 aliphatic heterocycles. The highest BCUT2D eigenvalue weighted by molar-refractivity contribution is 7.11. The lowest BCUT2D eigenvalue weighted by molar-refractivity contribution is -0.0557. The third-order valence-electron chi connectivity index (χ3n) is 5.75. The van der Waals surface area contributed by atoms with Crippen LogP contribution >= 0.6 is 11.3 Å². The number of hydrogen-bond donors (Lipinski definition) is 3. The van der Waals surface area contributed by atoms with Crippen LogP contribution in [0.2, 0.25) is 0 Å². The van der Waals surface area contributed by atoms with Crippen LogP contribution in [0.5, 0.6) is 0 Å². The van der Waals surface area contributed by atoms with Crippen LogP contribution in [0, 0.1) is 0 Å². The van der Waals surface area contributed by atoms with Gasteiger partial charge in [-0.1, -0.05) is 104 Å². The number of benzene rings is 3. The fraction of sp³-hybridized carbons (Fsp3) is 0.294. The van der Waals surface area contributed by atoms with Gasteiger partial charge in [-0.05, 0) is 31.4 Å². The van der Waals surface area contributed by atoms with Crippen LogP contribution in [0.25, 0.3) is 10.9 Å². The molecule has 0 aliphatic carbocycles. The molecule has 0 spiro atoms. The van der Waals surface area contributed by atoms with Crippen LogP contribution in [-0.2, 0) is 22.7 Å². The lowest BCUT2D eigenvalue weighted by Gasteiger charge is -2.21. The van der Waals surface area contributed by atoms with Crippen molar-refractivity contribution in [3.05, 3.63) is 135 Å². The molecule has 0 radical (unpaired) electrons. The van der Waals surface area contributed by atoms with Gasteiger partial charge in [-0.3, -0.25) is 4.79 Å². The SMILES string of the molecule is CCC(COCc1ccccc1)O[C@H](C)c1scc2c(=O)[nH]cnc12.CCO.OCc1ccccc1.c1ccccc1. The Balaban J connectivity index is 0.000000293. The van der Waals surface area contributed by atoms with E-state index in [1.54, 1.807) is 6.92 Å². The average molecular weight is 591 g/mol. The van der Waals surface area contributed by atoms with Crippen molar-refractivity contribution >= 4 is 22.2 Å². The Hall–Kier alpha value is -3.66. The number of thiophene rings is 1. The first-order valence-electron chi connectivity index (χ1n) is 14.0. The molecule has 0 saturated carbocycles. The number of rotatable bonds is 9. The number of H-pyrrole nitrogens is 1. The summed E-state index contributed by atoms with van der Waals surface area (Å²) in [6.45, 7) is 7.26. The molecule has 0 fully saturated rings. The minimum absolute atomic E-state index is 0.00198. The van der Waals surface area contributed by atoms with E-state index in [2.05, 4.69) is 16.9 Å². The number of ether oxygens (including phenoxy) is 2. The van der Waals surface area contributed by atoms with E-state index in [0.29, 0.717) is 18.6 Å². The number of aromatic amines is 1. The number of nitrogens with zero attached hydrogens (tertiary/aromatic N) is 1. The first kappa shape index (κ1) is 34.5. The molecule has 0 amide bonds. The van der Waals surface area contributed by atoms with Gasteiger partial charge >= 0.3 is 0 Å². The zero-order valence-electron chi connectivity index (χ0n) is 24.6. The van der Waals surface area contributed by atoms with Gasteiger partial charge in [0.25, 0.3) is 5.56 Å². The Kier molecular flexibility index (Phi) is 17.4. The first-order valence-corrected chi connectivity index (χ1v) is 14.9. The molecule has 0 aliphatic rings. The molecule has 5 aromatic rings. The van der Waals surface area contributed by atoms with Crippen molar-refractivity contribution in [2.24, 2.45) is 0 Å². The fourth-order valence-electron chi connectivity index (χ4n) is 3.64. The van der Waals surface area contributed by atoms with Gasteiger partial charge in [-0.15, -0.1) is 11.3 Å². The molecule has 224 valence electrons. The summed E-state index contributed by atoms with van der Waals surface area (Å²) in [5.74, 6) is 0. The second kappa shape index (κ2) is 21.1. The van der Waals surface area contributed by atoms with Gasteiger partial charge in [0.05, 0.1) is 54.1 Å². The van der Waals surface area contributed by atoms with Gasteiger partial charge in [-0.25, -0.2) is 4.98 Å². The average Bonchev–Trinajstić information content (AvgIpc) is 3.49. The van der Waals surface area contributed by atoms with E-state index in [1.807, 2.05) is 109 Å². The minimum Gasteiger partial charge on any atom is -0.397 e. The molecule has 0 saturated heterocycles. The third kappa shape index (κ3) is 12.9. The van der Waals surface area contributed by atoms with Crippen LogP contribution in [0.3, 0.4) is 0 Å². The van der Waals surface area contributed by atoms with Crippen molar-refractivity contribution < 1.29 is 19.7 Å². The lowest BCUT2D eigenvalue weighted by atomic mass is 10.2. The normalized spacial score (nSPS) is 11.5. The second-order valence-electron chi connectivity index (χ2n) is 9.02. The predicted octanol–water partition coefficient (Wildman–Crippen LogP) is 6.92. The van der Waals surface area contributed by atoms with Gasteiger partial charge in [0, 0.05) is 12.0 Å². The van der Waals surface area contributed by atoms with E-state index in [-0.39, 0.29) is 31.0 Å². The third-order valence-corrected chi connectivity index (χ3v) is 6.89.